The Morgan fingerprint density at radius 3 is 2.05 bits per heavy atom. The molecule has 0 spiro atoms. The Bertz CT molecular complexity index is 626. The maximum absolute atomic E-state index is 12.6. The molecular formula is C19H21NO2. The first-order valence-corrected chi connectivity index (χ1v) is 7.73. The van der Waals surface area contributed by atoms with Crippen LogP contribution in [-0.4, -0.2) is 36.1 Å². The molecule has 2 aromatic carbocycles. The van der Waals surface area contributed by atoms with Gasteiger partial charge in [0.15, 0.2) is 0 Å². The van der Waals surface area contributed by atoms with E-state index < -0.39 is 0 Å². The number of hydrogen-bond donors (Lipinski definition) is 0. The first-order valence-electron chi connectivity index (χ1n) is 7.73. The minimum Gasteiger partial charge on any atom is -0.372 e. The molecule has 3 heteroatoms. The molecule has 1 heterocycles. The van der Waals surface area contributed by atoms with Gasteiger partial charge in [-0.3, -0.25) is 4.79 Å². The second-order valence-electron chi connectivity index (χ2n) is 5.91. The van der Waals surface area contributed by atoms with E-state index in [-0.39, 0.29) is 18.1 Å². The summed E-state index contributed by atoms with van der Waals surface area (Å²) in [5.74, 6) is 0.0848. The topological polar surface area (TPSA) is 29.5 Å². The van der Waals surface area contributed by atoms with Crippen LogP contribution in [0.4, 0.5) is 0 Å². The monoisotopic (exact) mass is 295 g/mol. The van der Waals surface area contributed by atoms with Crippen molar-refractivity contribution in [1.82, 2.24) is 4.90 Å². The summed E-state index contributed by atoms with van der Waals surface area (Å²) in [6.45, 7) is 5.33. The Kier molecular flexibility index (Phi) is 4.25. The van der Waals surface area contributed by atoms with Crippen LogP contribution in [0.5, 0.6) is 0 Å². The molecule has 1 fully saturated rings. The second kappa shape index (κ2) is 6.32. The minimum absolute atomic E-state index is 0.0848. The molecule has 2 atom stereocenters. The van der Waals surface area contributed by atoms with E-state index in [2.05, 4.69) is 12.1 Å². The Morgan fingerprint density at radius 2 is 1.45 bits per heavy atom. The van der Waals surface area contributed by atoms with Crippen molar-refractivity contribution in [3.05, 3.63) is 60.2 Å². The summed E-state index contributed by atoms with van der Waals surface area (Å²) in [5.41, 5.74) is 3.02. The Balaban J connectivity index is 1.76. The van der Waals surface area contributed by atoms with Crippen LogP contribution >= 0.6 is 0 Å². The third-order valence-electron chi connectivity index (χ3n) is 3.95. The van der Waals surface area contributed by atoms with Crippen molar-refractivity contribution in [3.8, 4) is 11.1 Å². The lowest BCUT2D eigenvalue weighted by Crippen LogP contribution is -2.48. The molecule has 2 aromatic rings. The van der Waals surface area contributed by atoms with E-state index in [0.29, 0.717) is 13.1 Å². The maximum Gasteiger partial charge on any atom is 0.254 e. The number of amides is 1. The predicted molar refractivity (Wildman–Crippen MR) is 87.8 cm³/mol. The maximum atomic E-state index is 12.6. The minimum atomic E-state index is 0.0848. The predicted octanol–water partition coefficient (Wildman–Crippen LogP) is 3.60. The molecule has 0 bridgehead atoms. The number of carbonyl (C=O) groups is 1. The summed E-state index contributed by atoms with van der Waals surface area (Å²) in [6.07, 6.45) is 0.188. The lowest BCUT2D eigenvalue weighted by molar-refractivity contribution is -0.0586. The molecule has 3 nitrogen and oxygen atoms in total. The van der Waals surface area contributed by atoms with Gasteiger partial charge in [0.25, 0.3) is 5.91 Å². The molecule has 0 unspecified atom stereocenters. The van der Waals surface area contributed by atoms with Gasteiger partial charge in [0.05, 0.1) is 12.2 Å². The van der Waals surface area contributed by atoms with Crippen LogP contribution in [0.15, 0.2) is 54.6 Å². The van der Waals surface area contributed by atoms with E-state index in [1.807, 2.05) is 61.2 Å². The summed E-state index contributed by atoms with van der Waals surface area (Å²) in [6, 6.07) is 18.0. The van der Waals surface area contributed by atoms with Gasteiger partial charge in [0.1, 0.15) is 0 Å². The lowest BCUT2D eigenvalue weighted by atomic mass is 10.0. The fourth-order valence-electron chi connectivity index (χ4n) is 2.96. The molecule has 22 heavy (non-hydrogen) atoms. The van der Waals surface area contributed by atoms with Crippen LogP contribution < -0.4 is 0 Å². The highest BCUT2D eigenvalue weighted by molar-refractivity contribution is 5.94. The largest absolute Gasteiger partial charge is 0.372 e. The van der Waals surface area contributed by atoms with E-state index >= 15 is 0 Å². The number of hydrogen-bond acceptors (Lipinski definition) is 2. The van der Waals surface area contributed by atoms with Gasteiger partial charge in [0, 0.05) is 18.7 Å². The third kappa shape index (κ3) is 3.20. The highest BCUT2D eigenvalue weighted by atomic mass is 16.5. The van der Waals surface area contributed by atoms with Gasteiger partial charge < -0.3 is 9.64 Å². The average Bonchev–Trinajstić information content (AvgIpc) is 2.54. The molecule has 0 radical (unpaired) electrons. The Morgan fingerprint density at radius 1 is 0.909 bits per heavy atom. The number of nitrogens with zero attached hydrogens (tertiary/aromatic N) is 1. The molecule has 0 aliphatic carbocycles. The molecule has 1 amide bonds. The van der Waals surface area contributed by atoms with Gasteiger partial charge in [-0.05, 0) is 37.1 Å². The molecule has 1 saturated heterocycles. The first-order chi connectivity index (χ1) is 10.6. The van der Waals surface area contributed by atoms with E-state index in [4.69, 9.17) is 4.74 Å². The molecule has 1 aliphatic heterocycles. The molecule has 3 rings (SSSR count). The van der Waals surface area contributed by atoms with Crippen molar-refractivity contribution in [1.29, 1.82) is 0 Å². The van der Waals surface area contributed by atoms with Crippen LogP contribution in [-0.2, 0) is 4.74 Å². The molecule has 114 valence electrons. The molecule has 0 N–H and O–H groups in total. The van der Waals surface area contributed by atoms with Crippen LogP contribution in [0.3, 0.4) is 0 Å². The summed E-state index contributed by atoms with van der Waals surface area (Å²) >= 11 is 0. The fourth-order valence-corrected chi connectivity index (χ4v) is 2.96. The number of carbonyl (C=O) groups excluding carboxylic acids is 1. The third-order valence-corrected chi connectivity index (χ3v) is 3.95. The van der Waals surface area contributed by atoms with Gasteiger partial charge in [-0.1, -0.05) is 42.5 Å². The smallest absolute Gasteiger partial charge is 0.254 e. The van der Waals surface area contributed by atoms with Gasteiger partial charge in [0.2, 0.25) is 0 Å². The van der Waals surface area contributed by atoms with Crippen molar-refractivity contribution in [2.24, 2.45) is 0 Å². The first kappa shape index (κ1) is 14.8. The molecule has 0 saturated carbocycles. The average molecular weight is 295 g/mol. The fraction of sp³-hybridized carbons (Fsp3) is 0.316. The zero-order valence-corrected chi connectivity index (χ0v) is 13.0. The number of rotatable bonds is 2. The van der Waals surface area contributed by atoms with E-state index in [1.165, 1.54) is 0 Å². The Hall–Kier alpha value is -2.13. The van der Waals surface area contributed by atoms with Crippen LogP contribution in [0, 0.1) is 0 Å². The zero-order chi connectivity index (χ0) is 15.5. The van der Waals surface area contributed by atoms with Crippen molar-refractivity contribution < 1.29 is 9.53 Å². The SMILES string of the molecule is C[C@@H]1CN(C(=O)c2ccc(-c3ccccc3)cc2)C[C@@H](C)O1. The van der Waals surface area contributed by atoms with Crippen molar-refractivity contribution in [3.63, 3.8) is 0 Å². The van der Waals surface area contributed by atoms with Crippen molar-refractivity contribution >= 4 is 5.91 Å². The van der Waals surface area contributed by atoms with Gasteiger partial charge in [-0.25, -0.2) is 0 Å². The summed E-state index contributed by atoms with van der Waals surface area (Å²) in [5, 5.41) is 0. The molecular weight excluding hydrogens is 274 g/mol. The quantitative estimate of drug-likeness (QED) is 0.847. The summed E-state index contributed by atoms with van der Waals surface area (Å²) in [4.78, 5) is 14.5. The molecule has 0 aromatic heterocycles. The van der Waals surface area contributed by atoms with Gasteiger partial charge in [-0.2, -0.15) is 0 Å². The van der Waals surface area contributed by atoms with E-state index in [0.717, 1.165) is 16.7 Å². The number of benzene rings is 2. The van der Waals surface area contributed by atoms with Crippen molar-refractivity contribution in [2.45, 2.75) is 26.1 Å². The highest BCUT2D eigenvalue weighted by Crippen LogP contribution is 2.20. The normalized spacial score (nSPS) is 21.6. The zero-order valence-electron chi connectivity index (χ0n) is 13.0. The summed E-state index contributed by atoms with van der Waals surface area (Å²) < 4.78 is 5.69. The lowest BCUT2D eigenvalue weighted by Gasteiger charge is -2.35. The standard InChI is InChI=1S/C19H21NO2/c1-14-12-20(13-15(2)22-14)19(21)18-10-8-17(9-11-18)16-6-4-3-5-7-16/h3-11,14-15H,12-13H2,1-2H3/t14-,15-/m1/s1. The Labute approximate surface area is 131 Å². The van der Waals surface area contributed by atoms with Crippen LogP contribution in [0.2, 0.25) is 0 Å². The number of morpholine rings is 1. The van der Waals surface area contributed by atoms with Crippen molar-refractivity contribution in [2.75, 3.05) is 13.1 Å². The summed E-state index contributed by atoms with van der Waals surface area (Å²) in [7, 11) is 0. The molecule has 1 aliphatic rings. The van der Waals surface area contributed by atoms with Crippen LogP contribution in [0.25, 0.3) is 11.1 Å². The van der Waals surface area contributed by atoms with E-state index in [9.17, 15) is 4.79 Å². The van der Waals surface area contributed by atoms with Gasteiger partial charge >= 0.3 is 0 Å². The highest BCUT2D eigenvalue weighted by Gasteiger charge is 2.26. The number of ether oxygens (including phenoxy) is 1. The van der Waals surface area contributed by atoms with E-state index in [1.54, 1.807) is 0 Å². The van der Waals surface area contributed by atoms with Crippen LogP contribution in [0.1, 0.15) is 24.2 Å². The second-order valence-corrected chi connectivity index (χ2v) is 5.91. The van der Waals surface area contributed by atoms with Gasteiger partial charge in [-0.15, -0.1) is 0 Å².